The average molecular weight is 177 g/mol. The lowest BCUT2D eigenvalue weighted by Gasteiger charge is -2.14. The van der Waals surface area contributed by atoms with Crippen LogP contribution in [0, 0.1) is 6.92 Å². The molecule has 0 fully saturated rings. The number of anilines is 1. The number of benzene rings is 1. The summed E-state index contributed by atoms with van der Waals surface area (Å²) >= 11 is 0. The second-order valence-corrected chi connectivity index (χ2v) is 3.62. The largest absolute Gasteiger partial charge is 0.496 e. The molecule has 1 aromatic carbocycles. The van der Waals surface area contributed by atoms with E-state index in [0.717, 1.165) is 18.7 Å². The summed E-state index contributed by atoms with van der Waals surface area (Å²) in [5, 5.41) is 0. The summed E-state index contributed by atoms with van der Waals surface area (Å²) in [7, 11) is 3.85. The van der Waals surface area contributed by atoms with Crippen LogP contribution in [0.4, 0.5) is 5.69 Å². The Labute approximate surface area is 79.1 Å². The van der Waals surface area contributed by atoms with Crippen LogP contribution >= 0.6 is 0 Å². The molecule has 0 N–H and O–H groups in total. The Bertz CT molecular complexity index is 333. The van der Waals surface area contributed by atoms with Gasteiger partial charge in [-0.3, -0.25) is 0 Å². The predicted molar refractivity (Wildman–Crippen MR) is 54.7 cm³/mol. The molecule has 0 radical (unpaired) electrons. The molecular formula is C11H15NO. The number of ether oxygens (including phenoxy) is 1. The number of rotatable bonds is 1. The summed E-state index contributed by atoms with van der Waals surface area (Å²) in [6.45, 7) is 3.22. The minimum absolute atomic E-state index is 0.993. The van der Waals surface area contributed by atoms with Gasteiger partial charge >= 0.3 is 0 Å². The van der Waals surface area contributed by atoms with E-state index in [9.17, 15) is 0 Å². The summed E-state index contributed by atoms with van der Waals surface area (Å²) in [6.07, 6.45) is 1.16. The first kappa shape index (κ1) is 8.42. The normalized spacial score (nSPS) is 14.5. The Morgan fingerprint density at radius 2 is 2.15 bits per heavy atom. The maximum absolute atomic E-state index is 5.29. The van der Waals surface area contributed by atoms with Crippen molar-refractivity contribution in [1.29, 1.82) is 0 Å². The summed E-state index contributed by atoms with van der Waals surface area (Å²) in [5.74, 6) is 0.993. The molecule has 0 amide bonds. The molecule has 0 spiro atoms. The minimum Gasteiger partial charge on any atom is -0.496 e. The third-order valence-corrected chi connectivity index (χ3v) is 2.72. The second kappa shape index (κ2) is 2.95. The van der Waals surface area contributed by atoms with Gasteiger partial charge in [0.2, 0.25) is 0 Å². The monoisotopic (exact) mass is 177 g/mol. The van der Waals surface area contributed by atoms with Crippen molar-refractivity contribution in [1.82, 2.24) is 0 Å². The van der Waals surface area contributed by atoms with Gasteiger partial charge in [0.05, 0.1) is 7.11 Å². The first-order chi connectivity index (χ1) is 6.22. The van der Waals surface area contributed by atoms with Crippen molar-refractivity contribution in [3.63, 3.8) is 0 Å². The molecule has 0 unspecified atom stereocenters. The van der Waals surface area contributed by atoms with E-state index in [4.69, 9.17) is 4.74 Å². The molecule has 2 rings (SSSR count). The molecule has 0 atom stereocenters. The Balaban J connectivity index is 2.51. The van der Waals surface area contributed by atoms with E-state index >= 15 is 0 Å². The van der Waals surface area contributed by atoms with E-state index in [-0.39, 0.29) is 0 Å². The Morgan fingerprint density at radius 3 is 2.85 bits per heavy atom. The maximum Gasteiger partial charge on any atom is 0.123 e. The number of likely N-dealkylation sites (N-methyl/N-ethyl adjacent to an activating group) is 1. The van der Waals surface area contributed by atoms with Gasteiger partial charge in [-0.15, -0.1) is 0 Å². The molecule has 1 aliphatic heterocycles. The predicted octanol–water partition coefficient (Wildman–Crippen LogP) is 2.00. The van der Waals surface area contributed by atoms with Crippen molar-refractivity contribution in [3.05, 3.63) is 23.3 Å². The van der Waals surface area contributed by atoms with E-state index < -0.39 is 0 Å². The van der Waals surface area contributed by atoms with E-state index in [1.807, 2.05) is 0 Å². The fraction of sp³-hybridized carbons (Fsp3) is 0.455. The lowest BCUT2D eigenvalue weighted by molar-refractivity contribution is 0.412. The average Bonchev–Trinajstić information content (AvgIpc) is 2.46. The number of aryl methyl sites for hydroxylation is 1. The van der Waals surface area contributed by atoms with Crippen LogP contribution in [0.25, 0.3) is 0 Å². The molecule has 0 saturated carbocycles. The number of nitrogens with zero attached hydrogens (tertiary/aromatic N) is 1. The quantitative estimate of drug-likeness (QED) is 0.650. The number of methoxy groups -OCH3 is 1. The summed E-state index contributed by atoms with van der Waals surface area (Å²) in [5.41, 5.74) is 4.00. The zero-order chi connectivity index (χ0) is 9.42. The van der Waals surface area contributed by atoms with Gasteiger partial charge in [-0.05, 0) is 24.5 Å². The fourth-order valence-corrected chi connectivity index (χ4v) is 1.92. The lowest BCUT2D eigenvalue weighted by atomic mass is 10.1. The highest BCUT2D eigenvalue weighted by Crippen LogP contribution is 2.32. The van der Waals surface area contributed by atoms with Gasteiger partial charge in [-0.1, -0.05) is 6.07 Å². The zero-order valence-corrected chi connectivity index (χ0v) is 8.42. The summed E-state index contributed by atoms with van der Waals surface area (Å²) in [6, 6.07) is 4.37. The van der Waals surface area contributed by atoms with Gasteiger partial charge in [-0.2, -0.15) is 0 Å². The van der Waals surface area contributed by atoms with Gasteiger partial charge < -0.3 is 9.64 Å². The molecule has 2 nitrogen and oxygen atoms in total. The van der Waals surface area contributed by atoms with E-state index in [1.54, 1.807) is 7.11 Å². The first-order valence-electron chi connectivity index (χ1n) is 4.61. The van der Waals surface area contributed by atoms with Crippen molar-refractivity contribution in [2.45, 2.75) is 13.3 Å². The second-order valence-electron chi connectivity index (χ2n) is 3.62. The SMILES string of the molecule is COc1cc2c(cc1C)CCN2C. The zero-order valence-electron chi connectivity index (χ0n) is 8.42. The molecule has 0 bridgehead atoms. The Kier molecular flexibility index (Phi) is 1.91. The molecule has 1 aliphatic rings. The Hall–Kier alpha value is -1.18. The van der Waals surface area contributed by atoms with E-state index in [2.05, 4.69) is 31.0 Å². The molecule has 0 saturated heterocycles. The molecule has 1 aromatic rings. The van der Waals surface area contributed by atoms with Gasteiger partial charge in [-0.25, -0.2) is 0 Å². The van der Waals surface area contributed by atoms with Gasteiger partial charge in [0.1, 0.15) is 5.75 Å². The van der Waals surface area contributed by atoms with Crippen molar-refractivity contribution >= 4 is 5.69 Å². The van der Waals surface area contributed by atoms with Crippen molar-refractivity contribution < 1.29 is 4.74 Å². The maximum atomic E-state index is 5.29. The number of fused-ring (bicyclic) bond motifs is 1. The van der Waals surface area contributed by atoms with Gasteiger partial charge in [0, 0.05) is 25.3 Å². The van der Waals surface area contributed by atoms with E-state index in [1.165, 1.54) is 16.8 Å². The van der Waals surface area contributed by atoms with Crippen LogP contribution < -0.4 is 9.64 Å². The summed E-state index contributed by atoms with van der Waals surface area (Å²) < 4.78 is 5.29. The first-order valence-corrected chi connectivity index (χ1v) is 4.61. The van der Waals surface area contributed by atoms with Crippen molar-refractivity contribution in [2.75, 3.05) is 25.6 Å². The van der Waals surface area contributed by atoms with E-state index in [0.29, 0.717) is 0 Å². The molecule has 70 valence electrons. The van der Waals surface area contributed by atoms with Crippen LogP contribution in [-0.4, -0.2) is 20.7 Å². The molecule has 2 heteroatoms. The van der Waals surface area contributed by atoms with Crippen LogP contribution in [0.15, 0.2) is 12.1 Å². The van der Waals surface area contributed by atoms with Gasteiger partial charge in [0.25, 0.3) is 0 Å². The fourth-order valence-electron chi connectivity index (χ4n) is 1.92. The molecule has 13 heavy (non-hydrogen) atoms. The van der Waals surface area contributed by atoms with Crippen LogP contribution in [0.1, 0.15) is 11.1 Å². The molecule has 1 heterocycles. The third-order valence-electron chi connectivity index (χ3n) is 2.72. The standard InChI is InChI=1S/C11H15NO/c1-8-6-9-4-5-12(2)10(9)7-11(8)13-3/h6-7H,4-5H2,1-3H3. The van der Waals surface area contributed by atoms with Crippen LogP contribution in [-0.2, 0) is 6.42 Å². The minimum atomic E-state index is 0.993. The molecule has 0 aliphatic carbocycles. The summed E-state index contributed by atoms with van der Waals surface area (Å²) in [4.78, 5) is 2.28. The molecular weight excluding hydrogens is 162 g/mol. The van der Waals surface area contributed by atoms with Gasteiger partial charge in [0.15, 0.2) is 0 Å². The number of hydrogen-bond acceptors (Lipinski definition) is 2. The number of hydrogen-bond donors (Lipinski definition) is 0. The van der Waals surface area contributed by atoms with Crippen LogP contribution in [0.5, 0.6) is 5.75 Å². The third kappa shape index (κ3) is 1.26. The lowest BCUT2D eigenvalue weighted by Crippen LogP contribution is -2.12. The van der Waals surface area contributed by atoms with Crippen molar-refractivity contribution in [3.8, 4) is 5.75 Å². The smallest absolute Gasteiger partial charge is 0.123 e. The van der Waals surface area contributed by atoms with Crippen LogP contribution in [0.2, 0.25) is 0 Å². The topological polar surface area (TPSA) is 12.5 Å². The highest BCUT2D eigenvalue weighted by molar-refractivity contribution is 5.62. The van der Waals surface area contributed by atoms with Crippen LogP contribution in [0.3, 0.4) is 0 Å². The highest BCUT2D eigenvalue weighted by atomic mass is 16.5. The molecule has 0 aromatic heterocycles. The van der Waals surface area contributed by atoms with Crippen molar-refractivity contribution in [2.24, 2.45) is 0 Å². The Morgan fingerprint density at radius 1 is 1.38 bits per heavy atom. The highest BCUT2D eigenvalue weighted by Gasteiger charge is 2.17.